The predicted octanol–water partition coefficient (Wildman–Crippen LogP) is 5.37. The van der Waals surface area contributed by atoms with Gasteiger partial charge >= 0.3 is 11.9 Å². The number of ether oxygens (including phenoxy) is 3. The van der Waals surface area contributed by atoms with Crippen molar-refractivity contribution >= 4 is 18.2 Å². The van der Waals surface area contributed by atoms with Gasteiger partial charge in [-0.3, -0.25) is 4.79 Å². The lowest BCUT2D eigenvalue weighted by Gasteiger charge is -2.14. The summed E-state index contributed by atoms with van der Waals surface area (Å²) in [6.45, 7) is 2.59. The fourth-order valence-electron chi connectivity index (χ4n) is 3.16. The van der Waals surface area contributed by atoms with Crippen LogP contribution in [0.4, 0.5) is 0 Å². The molecule has 0 atom stereocenters. The first kappa shape index (κ1) is 24.7. The first-order chi connectivity index (χ1) is 14.1. The molecule has 1 rings (SSSR count). The molecule has 0 heterocycles. The number of carbonyl (C=O) groups excluding carboxylic acids is 3. The number of unbranched alkanes of at least 4 members (excludes halogenated alkanes) is 9. The molecule has 162 valence electrons. The Balaban J connectivity index is 2.58. The van der Waals surface area contributed by atoms with Crippen LogP contribution in [0.5, 0.6) is 5.75 Å². The Morgan fingerprint density at radius 2 is 1.24 bits per heavy atom. The largest absolute Gasteiger partial charge is 0.492 e. The minimum atomic E-state index is -0.670. The van der Waals surface area contributed by atoms with Crippen molar-refractivity contribution in [3.8, 4) is 5.75 Å². The summed E-state index contributed by atoms with van der Waals surface area (Å²) in [6, 6.07) is 2.72. The molecule has 0 aliphatic carbocycles. The van der Waals surface area contributed by atoms with Gasteiger partial charge in [0, 0.05) is 5.56 Å². The Kier molecular flexibility index (Phi) is 12.4. The third-order valence-electron chi connectivity index (χ3n) is 4.80. The fourth-order valence-corrected chi connectivity index (χ4v) is 3.16. The first-order valence-electron chi connectivity index (χ1n) is 10.5. The summed E-state index contributed by atoms with van der Waals surface area (Å²) in [5, 5.41) is 0. The van der Waals surface area contributed by atoms with E-state index < -0.39 is 11.9 Å². The number of esters is 2. The number of benzene rings is 1. The molecule has 0 amide bonds. The van der Waals surface area contributed by atoms with Crippen LogP contribution in [0.25, 0.3) is 0 Å². The summed E-state index contributed by atoms with van der Waals surface area (Å²) in [5.74, 6) is -1.24. The summed E-state index contributed by atoms with van der Waals surface area (Å²) < 4.78 is 15.3. The normalized spacial score (nSPS) is 10.4. The van der Waals surface area contributed by atoms with Gasteiger partial charge in [0.2, 0.25) is 0 Å². The molecule has 0 bridgehead atoms. The summed E-state index contributed by atoms with van der Waals surface area (Å²) in [4.78, 5) is 35.4. The van der Waals surface area contributed by atoms with Crippen LogP contribution in [0.3, 0.4) is 0 Å². The van der Waals surface area contributed by atoms with Crippen LogP contribution >= 0.6 is 0 Å². The molecule has 0 aliphatic rings. The Bertz CT molecular complexity index is 616. The Morgan fingerprint density at radius 1 is 0.793 bits per heavy atom. The zero-order valence-corrected chi connectivity index (χ0v) is 18.0. The molecular formula is C23H34O6. The summed E-state index contributed by atoms with van der Waals surface area (Å²) in [7, 11) is 2.47. The van der Waals surface area contributed by atoms with Crippen LogP contribution in [0.2, 0.25) is 0 Å². The van der Waals surface area contributed by atoms with E-state index in [9.17, 15) is 14.4 Å². The van der Waals surface area contributed by atoms with Crippen LogP contribution in [-0.4, -0.2) is 39.1 Å². The van der Waals surface area contributed by atoms with Gasteiger partial charge in [-0.05, 0) is 18.6 Å². The third-order valence-corrected chi connectivity index (χ3v) is 4.80. The molecule has 29 heavy (non-hydrogen) atoms. The lowest BCUT2D eigenvalue weighted by atomic mass is 10.0. The highest BCUT2D eigenvalue weighted by atomic mass is 16.5. The second kappa shape index (κ2) is 14.6. The fraction of sp³-hybridized carbons (Fsp3) is 0.609. The van der Waals surface area contributed by atoms with E-state index in [1.54, 1.807) is 0 Å². The molecule has 6 heteroatoms. The van der Waals surface area contributed by atoms with Crippen molar-refractivity contribution in [3.05, 3.63) is 28.8 Å². The van der Waals surface area contributed by atoms with E-state index >= 15 is 0 Å². The van der Waals surface area contributed by atoms with Crippen LogP contribution in [-0.2, 0) is 9.47 Å². The van der Waals surface area contributed by atoms with Crippen molar-refractivity contribution in [2.45, 2.75) is 71.1 Å². The molecule has 0 radical (unpaired) electrons. The van der Waals surface area contributed by atoms with Crippen molar-refractivity contribution < 1.29 is 28.6 Å². The number of hydrogen-bond acceptors (Lipinski definition) is 6. The SMILES string of the molecule is CCCCCCCCCCCCOc1c(C(=O)OC)cc(C=O)cc1C(=O)OC. The number of hydrogen-bond donors (Lipinski definition) is 0. The van der Waals surface area contributed by atoms with E-state index in [1.165, 1.54) is 71.3 Å². The zero-order valence-electron chi connectivity index (χ0n) is 18.0. The Labute approximate surface area is 173 Å². The molecule has 0 aromatic heterocycles. The van der Waals surface area contributed by atoms with Gasteiger partial charge in [0.25, 0.3) is 0 Å². The third kappa shape index (κ3) is 8.67. The van der Waals surface area contributed by atoms with Gasteiger partial charge in [0.15, 0.2) is 0 Å². The molecular weight excluding hydrogens is 372 g/mol. The number of rotatable bonds is 15. The standard InChI is InChI=1S/C23H34O6/c1-4-5-6-7-8-9-10-11-12-13-14-29-21-19(22(25)27-2)15-18(17-24)16-20(21)23(26)28-3/h15-17H,4-14H2,1-3H3. The lowest BCUT2D eigenvalue weighted by Crippen LogP contribution is -2.13. The topological polar surface area (TPSA) is 78.9 Å². The van der Waals surface area contributed by atoms with Crippen molar-refractivity contribution in [1.29, 1.82) is 0 Å². The molecule has 0 fully saturated rings. The maximum absolute atomic E-state index is 12.1. The van der Waals surface area contributed by atoms with Crippen molar-refractivity contribution in [1.82, 2.24) is 0 Å². The molecule has 0 saturated carbocycles. The smallest absolute Gasteiger partial charge is 0.341 e. The van der Waals surface area contributed by atoms with Crippen molar-refractivity contribution in [2.75, 3.05) is 20.8 Å². The van der Waals surface area contributed by atoms with Gasteiger partial charge in [-0.2, -0.15) is 0 Å². The molecule has 0 aliphatic heterocycles. The molecule has 0 unspecified atom stereocenters. The minimum Gasteiger partial charge on any atom is -0.492 e. The maximum atomic E-state index is 12.1. The van der Waals surface area contributed by atoms with Crippen LogP contribution < -0.4 is 4.74 Å². The highest BCUT2D eigenvalue weighted by molar-refractivity contribution is 6.02. The number of methoxy groups -OCH3 is 2. The number of aldehydes is 1. The number of carbonyl (C=O) groups is 3. The minimum absolute atomic E-state index is 0.0459. The van der Waals surface area contributed by atoms with Gasteiger partial charge in [-0.25, -0.2) is 9.59 Å². The Morgan fingerprint density at radius 3 is 1.66 bits per heavy atom. The van der Waals surface area contributed by atoms with E-state index in [1.807, 2.05) is 0 Å². The van der Waals surface area contributed by atoms with E-state index in [4.69, 9.17) is 14.2 Å². The molecule has 0 saturated heterocycles. The highest BCUT2D eigenvalue weighted by Gasteiger charge is 2.23. The van der Waals surface area contributed by atoms with Crippen LogP contribution in [0.1, 0.15) is 102 Å². The van der Waals surface area contributed by atoms with E-state index in [-0.39, 0.29) is 22.4 Å². The zero-order chi connectivity index (χ0) is 21.5. The van der Waals surface area contributed by atoms with Gasteiger partial charge in [0.1, 0.15) is 23.2 Å². The van der Waals surface area contributed by atoms with Gasteiger partial charge in [-0.15, -0.1) is 0 Å². The molecule has 0 spiro atoms. The molecule has 6 nitrogen and oxygen atoms in total. The second-order valence-corrected chi connectivity index (χ2v) is 7.08. The van der Waals surface area contributed by atoms with E-state index in [0.717, 1.165) is 19.3 Å². The highest BCUT2D eigenvalue weighted by Crippen LogP contribution is 2.28. The summed E-state index contributed by atoms with van der Waals surface area (Å²) >= 11 is 0. The summed E-state index contributed by atoms with van der Waals surface area (Å²) in [5.41, 5.74) is 0.270. The summed E-state index contributed by atoms with van der Waals surface area (Å²) in [6.07, 6.45) is 12.5. The van der Waals surface area contributed by atoms with Gasteiger partial charge in [-0.1, -0.05) is 64.7 Å². The lowest BCUT2D eigenvalue weighted by molar-refractivity contribution is 0.0589. The second-order valence-electron chi connectivity index (χ2n) is 7.08. The van der Waals surface area contributed by atoms with Gasteiger partial charge in [0.05, 0.1) is 20.8 Å². The molecule has 1 aromatic rings. The average molecular weight is 407 g/mol. The average Bonchev–Trinajstić information content (AvgIpc) is 2.75. The van der Waals surface area contributed by atoms with E-state index in [2.05, 4.69) is 6.92 Å². The Hall–Kier alpha value is -2.37. The maximum Gasteiger partial charge on any atom is 0.341 e. The quantitative estimate of drug-likeness (QED) is 0.221. The van der Waals surface area contributed by atoms with Crippen LogP contribution in [0.15, 0.2) is 12.1 Å². The van der Waals surface area contributed by atoms with Crippen molar-refractivity contribution in [3.63, 3.8) is 0 Å². The van der Waals surface area contributed by atoms with Crippen molar-refractivity contribution in [2.24, 2.45) is 0 Å². The monoisotopic (exact) mass is 406 g/mol. The molecule has 0 N–H and O–H groups in total. The first-order valence-corrected chi connectivity index (χ1v) is 10.5. The van der Waals surface area contributed by atoms with Gasteiger partial charge < -0.3 is 14.2 Å². The van der Waals surface area contributed by atoms with E-state index in [0.29, 0.717) is 12.9 Å². The van der Waals surface area contributed by atoms with Crippen LogP contribution in [0, 0.1) is 0 Å². The molecule has 1 aromatic carbocycles. The predicted molar refractivity (Wildman–Crippen MR) is 112 cm³/mol.